The maximum Gasteiger partial charge on any atom is 0.416 e. The van der Waals surface area contributed by atoms with Crippen LogP contribution in [0.2, 0.25) is 0 Å². The normalized spacial score (nSPS) is 16.7. The zero-order valence-corrected chi connectivity index (χ0v) is 12.6. The Bertz CT molecular complexity index is 477. The predicted molar refractivity (Wildman–Crippen MR) is 80.3 cm³/mol. The largest absolute Gasteiger partial charge is 0.416 e. The lowest BCUT2D eigenvalue weighted by molar-refractivity contribution is -0.137. The molecule has 5 heteroatoms. The monoisotopic (exact) mass is 300 g/mol. The zero-order chi connectivity index (χ0) is 15.6. The Morgan fingerprint density at radius 3 is 2.33 bits per heavy atom. The summed E-state index contributed by atoms with van der Waals surface area (Å²) in [6.45, 7) is 5.05. The lowest BCUT2D eigenvalue weighted by atomic mass is 10.1. The molecule has 1 saturated carbocycles. The van der Waals surface area contributed by atoms with Gasteiger partial charge in [0.15, 0.2) is 0 Å². The number of alkyl halides is 3. The molecule has 0 heterocycles. The molecule has 0 amide bonds. The fourth-order valence-corrected chi connectivity index (χ4v) is 3.05. The minimum Gasteiger partial charge on any atom is -0.397 e. The summed E-state index contributed by atoms with van der Waals surface area (Å²) in [6.07, 6.45) is 0.197. The van der Waals surface area contributed by atoms with Gasteiger partial charge in [-0.1, -0.05) is 26.7 Å². The van der Waals surface area contributed by atoms with Crippen molar-refractivity contribution in [1.29, 1.82) is 0 Å². The van der Waals surface area contributed by atoms with Crippen molar-refractivity contribution in [3.63, 3.8) is 0 Å². The highest BCUT2D eigenvalue weighted by Gasteiger charge is 2.32. The fourth-order valence-electron chi connectivity index (χ4n) is 3.05. The van der Waals surface area contributed by atoms with Crippen LogP contribution in [-0.4, -0.2) is 12.6 Å². The maximum absolute atomic E-state index is 12.7. The van der Waals surface area contributed by atoms with Crippen LogP contribution in [0.4, 0.5) is 24.5 Å². The van der Waals surface area contributed by atoms with E-state index < -0.39 is 11.7 Å². The van der Waals surface area contributed by atoms with Gasteiger partial charge in [-0.2, -0.15) is 13.2 Å². The van der Waals surface area contributed by atoms with Gasteiger partial charge in [-0.3, -0.25) is 0 Å². The molecule has 1 fully saturated rings. The first-order valence-electron chi connectivity index (χ1n) is 7.52. The molecule has 118 valence electrons. The van der Waals surface area contributed by atoms with Crippen molar-refractivity contribution in [2.45, 2.75) is 51.7 Å². The van der Waals surface area contributed by atoms with Crippen LogP contribution in [0.25, 0.3) is 0 Å². The molecule has 0 unspecified atom stereocenters. The molecule has 2 rings (SSSR count). The van der Waals surface area contributed by atoms with E-state index in [2.05, 4.69) is 18.7 Å². The number of hydrogen-bond acceptors (Lipinski definition) is 2. The number of nitrogen functional groups attached to an aromatic ring is 1. The molecule has 0 saturated heterocycles. The van der Waals surface area contributed by atoms with Gasteiger partial charge in [0.2, 0.25) is 0 Å². The molecule has 2 N–H and O–H groups in total. The summed E-state index contributed by atoms with van der Waals surface area (Å²) >= 11 is 0. The Balaban J connectivity index is 2.31. The average Bonchev–Trinajstić information content (AvgIpc) is 2.88. The molecular formula is C16H23F3N2. The van der Waals surface area contributed by atoms with E-state index in [0.717, 1.165) is 37.2 Å². The SMILES string of the molecule is CC(C)CN(c1ccc(C(F)(F)F)cc1N)C1CCCC1. The highest BCUT2D eigenvalue weighted by atomic mass is 19.4. The van der Waals surface area contributed by atoms with E-state index in [9.17, 15) is 13.2 Å². The van der Waals surface area contributed by atoms with E-state index in [-0.39, 0.29) is 5.69 Å². The molecule has 2 nitrogen and oxygen atoms in total. The van der Waals surface area contributed by atoms with Crippen LogP contribution in [0.15, 0.2) is 18.2 Å². The fraction of sp³-hybridized carbons (Fsp3) is 0.625. The van der Waals surface area contributed by atoms with E-state index >= 15 is 0 Å². The maximum atomic E-state index is 12.7. The van der Waals surface area contributed by atoms with Crippen LogP contribution in [0, 0.1) is 5.92 Å². The van der Waals surface area contributed by atoms with E-state index in [1.165, 1.54) is 18.9 Å². The third kappa shape index (κ3) is 3.83. The highest BCUT2D eigenvalue weighted by molar-refractivity contribution is 5.69. The molecule has 0 aliphatic heterocycles. The Morgan fingerprint density at radius 2 is 1.86 bits per heavy atom. The summed E-state index contributed by atoms with van der Waals surface area (Å²) in [7, 11) is 0. The number of hydrogen-bond donors (Lipinski definition) is 1. The molecular weight excluding hydrogens is 277 g/mol. The van der Waals surface area contributed by atoms with Gasteiger partial charge in [0.25, 0.3) is 0 Å². The van der Waals surface area contributed by atoms with Crippen molar-refractivity contribution in [3.05, 3.63) is 23.8 Å². The molecule has 1 aromatic carbocycles. The van der Waals surface area contributed by atoms with Gasteiger partial charge < -0.3 is 10.6 Å². The summed E-state index contributed by atoms with van der Waals surface area (Å²) < 4.78 is 38.2. The van der Waals surface area contributed by atoms with Crippen LogP contribution >= 0.6 is 0 Å². The first-order chi connectivity index (χ1) is 9.79. The first kappa shape index (κ1) is 16.0. The minimum atomic E-state index is -4.34. The summed E-state index contributed by atoms with van der Waals surface area (Å²) in [5.41, 5.74) is 6.20. The van der Waals surface area contributed by atoms with Crippen LogP contribution in [0.1, 0.15) is 45.1 Å². The predicted octanol–water partition coefficient (Wildman–Crippen LogP) is 4.69. The van der Waals surface area contributed by atoms with Crippen molar-refractivity contribution in [3.8, 4) is 0 Å². The molecule has 1 aromatic rings. The van der Waals surface area contributed by atoms with E-state index in [0.29, 0.717) is 12.0 Å². The third-order valence-corrected chi connectivity index (χ3v) is 3.99. The Kier molecular flexibility index (Phi) is 4.69. The standard InChI is InChI=1S/C16H23F3N2/c1-11(2)10-21(13-5-3-4-6-13)15-8-7-12(9-14(15)20)16(17,18)19/h7-9,11,13H,3-6,10,20H2,1-2H3. The van der Waals surface area contributed by atoms with Gasteiger partial charge in [0, 0.05) is 12.6 Å². The summed E-state index contributed by atoms with van der Waals surface area (Å²) in [5, 5.41) is 0. The van der Waals surface area contributed by atoms with Crippen molar-refractivity contribution < 1.29 is 13.2 Å². The number of benzene rings is 1. The average molecular weight is 300 g/mol. The topological polar surface area (TPSA) is 29.3 Å². The second-order valence-corrected chi connectivity index (χ2v) is 6.26. The second kappa shape index (κ2) is 6.16. The van der Waals surface area contributed by atoms with Gasteiger partial charge in [-0.25, -0.2) is 0 Å². The quantitative estimate of drug-likeness (QED) is 0.817. The summed E-state index contributed by atoms with van der Waals surface area (Å²) in [4.78, 5) is 2.20. The molecule has 0 atom stereocenters. The van der Waals surface area contributed by atoms with Crippen molar-refractivity contribution >= 4 is 11.4 Å². The number of halogens is 3. The molecule has 1 aliphatic rings. The van der Waals surface area contributed by atoms with Gasteiger partial charge in [0.1, 0.15) is 0 Å². The molecule has 21 heavy (non-hydrogen) atoms. The van der Waals surface area contributed by atoms with Crippen LogP contribution in [-0.2, 0) is 6.18 Å². The van der Waals surface area contributed by atoms with E-state index in [1.54, 1.807) is 0 Å². The van der Waals surface area contributed by atoms with Gasteiger partial charge in [-0.05, 0) is 37.0 Å². The van der Waals surface area contributed by atoms with Gasteiger partial charge in [0.05, 0.1) is 16.9 Å². The van der Waals surface area contributed by atoms with E-state index in [4.69, 9.17) is 5.73 Å². The molecule has 0 radical (unpaired) electrons. The van der Waals surface area contributed by atoms with Crippen LogP contribution in [0.3, 0.4) is 0 Å². The van der Waals surface area contributed by atoms with E-state index in [1.807, 2.05) is 0 Å². The Labute approximate surface area is 124 Å². The summed E-state index contributed by atoms with van der Waals surface area (Å²) in [5.74, 6) is 0.437. The Hall–Kier alpha value is -1.39. The third-order valence-electron chi connectivity index (χ3n) is 3.99. The second-order valence-electron chi connectivity index (χ2n) is 6.26. The molecule has 0 spiro atoms. The van der Waals surface area contributed by atoms with Gasteiger partial charge in [-0.15, -0.1) is 0 Å². The first-order valence-corrected chi connectivity index (χ1v) is 7.52. The number of anilines is 2. The smallest absolute Gasteiger partial charge is 0.397 e. The lowest BCUT2D eigenvalue weighted by Crippen LogP contribution is -2.36. The highest BCUT2D eigenvalue weighted by Crippen LogP contribution is 2.37. The minimum absolute atomic E-state index is 0.220. The number of nitrogens with zero attached hydrogens (tertiary/aromatic N) is 1. The van der Waals surface area contributed by atoms with Gasteiger partial charge >= 0.3 is 6.18 Å². The lowest BCUT2D eigenvalue weighted by Gasteiger charge is -2.34. The molecule has 0 aromatic heterocycles. The van der Waals surface area contributed by atoms with Crippen molar-refractivity contribution in [2.24, 2.45) is 5.92 Å². The van der Waals surface area contributed by atoms with Crippen LogP contribution in [0.5, 0.6) is 0 Å². The van der Waals surface area contributed by atoms with Crippen molar-refractivity contribution in [1.82, 2.24) is 0 Å². The zero-order valence-electron chi connectivity index (χ0n) is 12.6. The number of nitrogens with two attached hydrogens (primary N) is 1. The molecule has 1 aliphatic carbocycles. The molecule has 0 bridgehead atoms. The summed E-state index contributed by atoms with van der Waals surface area (Å²) in [6, 6.07) is 4.11. The Morgan fingerprint density at radius 1 is 1.24 bits per heavy atom. The number of rotatable bonds is 4. The van der Waals surface area contributed by atoms with Crippen LogP contribution < -0.4 is 10.6 Å². The van der Waals surface area contributed by atoms with Crippen molar-refractivity contribution in [2.75, 3.05) is 17.2 Å².